The van der Waals surface area contributed by atoms with Crippen molar-refractivity contribution in [2.24, 2.45) is 0 Å². The molecule has 0 fully saturated rings. The van der Waals surface area contributed by atoms with Gasteiger partial charge in [-0.1, -0.05) is 6.07 Å². The van der Waals surface area contributed by atoms with E-state index in [1.165, 1.54) is 0 Å². The normalized spacial score (nSPS) is 11.2. The Morgan fingerprint density at radius 3 is 2.67 bits per heavy atom. The van der Waals surface area contributed by atoms with E-state index in [9.17, 15) is 0 Å². The highest BCUT2D eigenvalue weighted by Gasteiger charge is 2.07. The molecule has 0 aliphatic rings. The lowest BCUT2D eigenvalue weighted by atomic mass is 10.3. The van der Waals surface area contributed by atoms with Gasteiger partial charge in [0.2, 0.25) is 0 Å². The molecule has 0 unspecified atom stereocenters. The van der Waals surface area contributed by atoms with Crippen molar-refractivity contribution in [3.05, 3.63) is 54.2 Å². The zero-order valence-corrected chi connectivity index (χ0v) is 12.1. The Morgan fingerprint density at radius 1 is 1.10 bits per heavy atom. The molecule has 0 saturated heterocycles. The van der Waals surface area contributed by atoms with Gasteiger partial charge in [0.25, 0.3) is 0 Å². The summed E-state index contributed by atoms with van der Waals surface area (Å²) in [4.78, 5) is 14.8. The second-order valence-corrected chi connectivity index (χ2v) is 4.93. The van der Waals surface area contributed by atoms with Gasteiger partial charge in [-0.05, 0) is 19.2 Å². The zero-order chi connectivity index (χ0) is 14.7. The highest BCUT2D eigenvalue weighted by atomic mass is 16.5. The van der Waals surface area contributed by atoms with E-state index < -0.39 is 0 Å². The Balaban J connectivity index is 1.69. The minimum Gasteiger partial charge on any atom is -0.467 e. The van der Waals surface area contributed by atoms with Crippen LogP contribution in [0.3, 0.4) is 0 Å². The van der Waals surface area contributed by atoms with Gasteiger partial charge in [0, 0.05) is 37.2 Å². The lowest BCUT2D eigenvalue weighted by Crippen LogP contribution is -2.18. The number of aromatic nitrogens is 4. The Hall–Kier alpha value is -2.47. The van der Waals surface area contributed by atoms with Gasteiger partial charge in [-0.15, -0.1) is 0 Å². The Kier molecular flexibility index (Phi) is 3.79. The summed E-state index contributed by atoms with van der Waals surface area (Å²) in [6, 6.07) is 6.39. The van der Waals surface area contributed by atoms with Gasteiger partial charge in [0.15, 0.2) is 0 Å². The summed E-state index contributed by atoms with van der Waals surface area (Å²) in [6.07, 6.45) is 7.52. The van der Waals surface area contributed by atoms with Crippen LogP contribution in [0.2, 0.25) is 0 Å². The predicted octanol–water partition coefficient (Wildman–Crippen LogP) is 1.76. The summed E-state index contributed by atoms with van der Waals surface area (Å²) >= 11 is 0. The summed E-state index contributed by atoms with van der Waals surface area (Å²) < 4.78 is 7.06. The van der Waals surface area contributed by atoms with Crippen LogP contribution in [0.5, 0.6) is 6.01 Å². The fraction of sp³-hybridized carbons (Fsp3) is 0.267. The molecule has 3 aromatic heterocycles. The second-order valence-electron chi connectivity index (χ2n) is 4.93. The van der Waals surface area contributed by atoms with E-state index in [4.69, 9.17) is 4.74 Å². The molecule has 3 aromatic rings. The van der Waals surface area contributed by atoms with Crippen LogP contribution in [0.15, 0.2) is 43.0 Å². The van der Waals surface area contributed by atoms with Gasteiger partial charge in [0.05, 0.1) is 19.0 Å². The van der Waals surface area contributed by atoms with Crippen LogP contribution in [0, 0.1) is 0 Å². The molecular weight excluding hydrogens is 266 g/mol. The average Bonchev–Trinajstić information content (AvgIpc) is 2.91. The number of fused-ring (bicyclic) bond motifs is 1. The van der Waals surface area contributed by atoms with Crippen molar-refractivity contribution in [1.82, 2.24) is 24.3 Å². The van der Waals surface area contributed by atoms with Gasteiger partial charge in [-0.2, -0.15) is 0 Å². The van der Waals surface area contributed by atoms with E-state index in [1.54, 1.807) is 19.5 Å². The SMILES string of the molecule is COc1ncc(CN(C)Cc2cnc3ccccn23)cn1. The maximum absolute atomic E-state index is 4.96. The first-order chi connectivity index (χ1) is 10.3. The van der Waals surface area contributed by atoms with Crippen molar-refractivity contribution in [1.29, 1.82) is 0 Å². The molecule has 0 aliphatic heterocycles. The number of rotatable bonds is 5. The van der Waals surface area contributed by atoms with Crippen LogP contribution >= 0.6 is 0 Å². The van der Waals surface area contributed by atoms with Crippen molar-refractivity contribution in [2.45, 2.75) is 13.1 Å². The van der Waals surface area contributed by atoms with E-state index >= 15 is 0 Å². The lowest BCUT2D eigenvalue weighted by molar-refractivity contribution is 0.312. The summed E-state index contributed by atoms with van der Waals surface area (Å²) in [6.45, 7) is 1.57. The minimum absolute atomic E-state index is 0.392. The first-order valence-electron chi connectivity index (χ1n) is 6.70. The van der Waals surface area contributed by atoms with Crippen molar-refractivity contribution in [3.63, 3.8) is 0 Å². The van der Waals surface area contributed by atoms with Crippen LogP contribution in [0.1, 0.15) is 11.3 Å². The smallest absolute Gasteiger partial charge is 0.316 e. The molecule has 0 radical (unpaired) electrons. The van der Waals surface area contributed by atoms with Gasteiger partial charge in [0.1, 0.15) is 5.65 Å². The third-order valence-electron chi connectivity index (χ3n) is 3.24. The standard InChI is InChI=1S/C15H17N5O/c1-19(10-12-7-17-15(21-2)18-8-12)11-13-9-16-14-5-3-4-6-20(13)14/h3-9H,10-11H2,1-2H3. The number of methoxy groups -OCH3 is 1. The van der Waals surface area contributed by atoms with Crippen molar-refractivity contribution < 1.29 is 4.74 Å². The zero-order valence-electron chi connectivity index (χ0n) is 12.1. The quantitative estimate of drug-likeness (QED) is 0.714. The monoisotopic (exact) mass is 283 g/mol. The van der Waals surface area contributed by atoms with Crippen molar-refractivity contribution in [3.8, 4) is 6.01 Å². The molecule has 0 bridgehead atoms. The Bertz CT molecular complexity index is 722. The molecule has 0 atom stereocenters. The van der Waals surface area contributed by atoms with Gasteiger partial charge in [-0.3, -0.25) is 4.90 Å². The van der Waals surface area contributed by atoms with Gasteiger partial charge < -0.3 is 9.14 Å². The van der Waals surface area contributed by atoms with Crippen LogP contribution in [0.4, 0.5) is 0 Å². The predicted molar refractivity (Wildman–Crippen MR) is 78.9 cm³/mol. The third-order valence-corrected chi connectivity index (χ3v) is 3.24. The molecule has 21 heavy (non-hydrogen) atoms. The van der Waals surface area contributed by atoms with E-state index in [-0.39, 0.29) is 0 Å². The molecule has 0 saturated carbocycles. The minimum atomic E-state index is 0.392. The summed E-state index contributed by atoms with van der Waals surface area (Å²) in [5, 5.41) is 0. The third kappa shape index (κ3) is 3.00. The summed E-state index contributed by atoms with van der Waals surface area (Å²) in [7, 11) is 3.62. The van der Waals surface area contributed by atoms with E-state index in [1.807, 2.05) is 30.6 Å². The highest BCUT2D eigenvalue weighted by Crippen LogP contribution is 2.10. The molecule has 6 heteroatoms. The van der Waals surface area contributed by atoms with Crippen LogP contribution in [-0.4, -0.2) is 38.4 Å². The molecule has 0 aliphatic carbocycles. The number of hydrogen-bond donors (Lipinski definition) is 0. The number of nitrogens with zero attached hydrogens (tertiary/aromatic N) is 5. The molecule has 0 amide bonds. The molecule has 0 N–H and O–H groups in total. The topological polar surface area (TPSA) is 55.5 Å². The van der Waals surface area contributed by atoms with Crippen LogP contribution in [-0.2, 0) is 13.1 Å². The Labute approximate surface area is 123 Å². The molecule has 0 spiro atoms. The highest BCUT2D eigenvalue weighted by molar-refractivity contribution is 5.39. The van der Waals surface area contributed by atoms with Gasteiger partial charge >= 0.3 is 6.01 Å². The molecule has 108 valence electrons. The fourth-order valence-electron chi connectivity index (χ4n) is 2.28. The number of hydrogen-bond acceptors (Lipinski definition) is 5. The molecular formula is C15H17N5O. The number of imidazole rings is 1. The number of ether oxygens (including phenoxy) is 1. The van der Waals surface area contributed by atoms with Crippen molar-refractivity contribution in [2.75, 3.05) is 14.2 Å². The van der Waals surface area contributed by atoms with Gasteiger partial charge in [-0.25, -0.2) is 15.0 Å². The number of pyridine rings is 1. The molecule has 0 aromatic carbocycles. The second kappa shape index (κ2) is 5.88. The van der Waals surface area contributed by atoms with Crippen LogP contribution in [0.25, 0.3) is 5.65 Å². The summed E-state index contributed by atoms with van der Waals surface area (Å²) in [5.41, 5.74) is 3.17. The Morgan fingerprint density at radius 2 is 1.90 bits per heavy atom. The first-order valence-corrected chi connectivity index (χ1v) is 6.70. The molecule has 3 heterocycles. The van der Waals surface area contributed by atoms with E-state index in [0.29, 0.717) is 6.01 Å². The van der Waals surface area contributed by atoms with Crippen LogP contribution < -0.4 is 4.74 Å². The molecule has 6 nitrogen and oxygen atoms in total. The van der Waals surface area contributed by atoms with Crippen molar-refractivity contribution >= 4 is 5.65 Å². The maximum atomic E-state index is 4.96. The average molecular weight is 283 g/mol. The molecule has 3 rings (SSSR count). The van der Waals surface area contributed by atoms with E-state index in [0.717, 1.165) is 30.0 Å². The first kappa shape index (κ1) is 13.5. The maximum Gasteiger partial charge on any atom is 0.316 e. The summed E-state index contributed by atoms with van der Waals surface area (Å²) in [5.74, 6) is 0. The van der Waals surface area contributed by atoms with E-state index in [2.05, 4.69) is 31.3 Å². The lowest BCUT2D eigenvalue weighted by Gasteiger charge is -2.16. The largest absolute Gasteiger partial charge is 0.467 e. The fourth-order valence-corrected chi connectivity index (χ4v) is 2.28.